The Kier molecular flexibility index (Phi) is 9.58. The van der Waals surface area contributed by atoms with E-state index in [4.69, 9.17) is 10.5 Å². The largest absolute Gasteiger partial charge is 0.384 e. The summed E-state index contributed by atoms with van der Waals surface area (Å²) in [6, 6.07) is 5.61. The molecule has 2 aromatic rings. The molecule has 1 aliphatic rings. The molecule has 0 bridgehead atoms. The molecule has 1 amide bonds. The second-order valence-corrected chi connectivity index (χ2v) is 11.4. The molecular weight excluding hydrogens is 477 g/mol. The van der Waals surface area contributed by atoms with Crippen LogP contribution in [0.3, 0.4) is 0 Å². The van der Waals surface area contributed by atoms with Crippen LogP contribution >= 0.6 is 11.8 Å². The van der Waals surface area contributed by atoms with Crippen molar-refractivity contribution in [2.45, 2.75) is 75.4 Å². The zero-order valence-corrected chi connectivity index (χ0v) is 23.0. The van der Waals surface area contributed by atoms with Crippen molar-refractivity contribution in [3.8, 4) is 0 Å². The van der Waals surface area contributed by atoms with Crippen molar-refractivity contribution in [3.63, 3.8) is 0 Å². The van der Waals surface area contributed by atoms with Crippen LogP contribution in [-0.4, -0.2) is 55.4 Å². The molecule has 0 saturated carbocycles. The van der Waals surface area contributed by atoms with Gasteiger partial charge in [-0.15, -0.1) is 0 Å². The number of nitrogens with zero attached hydrogens (tertiary/aromatic N) is 4. The number of hydrogen-bond acceptors (Lipinski definition) is 7. The lowest BCUT2D eigenvalue weighted by atomic mass is 9.75. The van der Waals surface area contributed by atoms with E-state index in [-0.39, 0.29) is 12.0 Å². The van der Waals surface area contributed by atoms with Crippen molar-refractivity contribution in [2.75, 3.05) is 48.9 Å². The first kappa shape index (κ1) is 28.2. The van der Waals surface area contributed by atoms with Crippen molar-refractivity contribution < 1.29 is 13.9 Å². The first-order chi connectivity index (χ1) is 17.1. The van der Waals surface area contributed by atoms with Crippen molar-refractivity contribution in [2.24, 2.45) is 5.41 Å². The Hall–Kier alpha value is -2.39. The minimum Gasteiger partial charge on any atom is -0.384 e. The van der Waals surface area contributed by atoms with Crippen LogP contribution in [0.15, 0.2) is 34.3 Å². The third kappa shape index (κ3) is 7.09. The number of nitrogen functional groups attached to an aromatic ring is 1. The molecule has 0 radical (unpaired) electrons. The van der Waals surface area contributed by atoms with Gasteiger partial charge in [0.2, 0.25) is 6.41 Å². The third-order valence-electron chi connectivity index (χ3n) is 6.86. The number of halogens is 1. The van der Waals surface area contributed by atoms with Gasteiger partial charge in [-0.1, -0.05) is 37.6 Å². The number of piperidine rings is 1. The fourth-order valence-corrected chi connectivity index (χ4v) is 5.73. The van der Waals surface area contributed by atoms with Crippen LogP contribution in [0.5, 0.6) is 0 Å². The molecule has 1 fully saturated rings. The van der Waals surface area contributed by atoms with E-state index < -0.39 is 5.67 Å². The topological polar surface area (TPSA) is 84.6 Å². The number of ether oxygens (including phenoxy) is 1. The van der Waals surface area contributed by atoms with Crippen molar-refractivity contribution in [1.82, 2.24) is 9.97 Å². The van der Waals surface area contributed by atoms with Crippen LogP contribution in [0.25, 0.3) is 0 Å². The van der Waals surface area contributed by atoms with E-state index in [2.05, 4.69) is 21.8 Å². The summed E-state index contributed by atoms with van der Waals surface area (Å²) in [6.45, 7) is 9.64. The van der Waals surface area contributed by atoms with Crippen LogP contribution in [0.2, 0.25) is 0 Å². The molecule has 7 nitrogen and oxygen atoms in total. The number of carbonyl (C=O) groups is 1. The molecule has 0 spiro atoms. The first-order valence-electron chi connectivity index (χ1n) is 12.7. The third-order valence-corrected chi connectivity index (χ3v) is 8.03. The average molecular weight is 518 g/mol. The average Bonchev–Trinajstić information content (AvgIpc) is 2.84. The monoisotopic (exact) mass is 517 g/mol. The van der Waals surface area contributed by atoms with Crippen molar-refractivity contribution in [1.29, 1.82) is 0 Å². The van der Waals surface area contributed by atoms with E-state index in [1.54, 1.807) is 13.3 Å². The van der Waals surface area contributed by atoms with E-state index in [9.17, 15) is 9.18 Å². The fraction of sp³-hybridized carbons (Fsp3) is 0.593. The molecule has 0 unspecified atom stereocenters. The first-order valence-corrected chi connectivity index (χ1v) is 13.5. The van der Waals surface area contributed by atoms with Gasteiger partial charge in [-0.25, -0.2) is 14.4 Å². The van der Waals surface area contributed by atoms with E-state index in [1.165, 1.54) is 49.8 Å². The summed E-state index contributed by atoms with van der Waals surface area (Å²) in [7, 11) is 1.79. The number of anilines is 3. The van der Waals surface area contributed by atoms with Crippen LogP contribution in [0.1, 0.15) is 58.4 Å². The van der Waals surface area contributed by atoms with Crippen molar-refractivity contribution in [3.05, 3.63) is 30.0 Å². The molecule has 0 aliphatic carbocycles. The Bertz CT molecular complexity index is 1020. The maximum absolute atomic E-state index is 14.2. The summed E-state index contributed by atoms with van der Waals surface area (Å²) < 4.78 is 19.8. The van der Waals surface area contributed by atoms with Crippen LogP contribution in [0.4, 0.5) is 21.7 Å². The number of aromatic nitrogens is 2. The normalized spacial score (nSPS) is 15.7. The van der Waals surface area contributed by atoms with Gasteiger partial charge in [0.05, 0.1) is 19.3 Å². The molecule has 9 heteroatoms. The SMILES string of the molecule is CCCCC1(COC)CCN(c2cnc(Sc3cccc(N(C=O)CC(C)(C)F)c3C)c(N)n2)CC1. The van der Waals surface area contributed by atoms with E-state index in [0.29, 0.717) is 22.9 Å². The van der Waals surface area contributed by atoms with Crippen LogP contribution < -0.4 is 15.5 Å². The molecular formula is C27H40FN5O2S. The number of carbonyl (C=O) groups excluding carboxylic acids is 1. The molecule has 1 aromatic heterocycles. The van der Waals surface area contributed by atoms with Gasteiger partial charge in [0.25, 0.3) is 0 Å². The minimum absolute atomic E-state index is 0.0257. The number of amides is 1. The zero-order valence-electron chi connectivity index (χ0n) is 22.2. The number of alkyl halides is 1. The summed E-state index contributed by atoms with van der Waals surface area (Å²) >= 11 is 1.40. The molecule has 1 saturated heterocycles. The Morgan fingerprint density at radius 2 is 2.06 bits per heavy atom. The highest BCUT2D eigenvalue weighted by molar-refractivity contribution is 7.99. The number of nitrogens with two attached hydrogens (primary N) is 1. The predicted octanol–water partition coefficient (Wildman–Crippen LogP) is 5.65. The smallest absolute Gasteiger partial charge is 0.214 e. The lowest BCUT2D eigenvalue weighted by molar-refractivity contribution is -0.107. The number of benzene rings is 1. The van der Waals surface area contributed by atoms with E-state index >= 15 is 0 Å². The highest BCUT2D eigenvalue weighted by atomic mass is 32.2. The fourth-order valence-electron chi connectivity index (χ4n) is 4.86. The standard InChI is InChI=1S/C27H40FN5O2S/c1-6-7-11-27(18-35-5)12-14-32(15-13-27)23-16-30-25(24(29)31-23)36-22-10-8-9-21(20(22)2)33(19-34)17-26(3,4)28/h8-10,16,19H,6-7,11-15,17-18H2,1-5H3,(H2,29,31). The summed E-state index contributed by atoms with van der Waals surface area (Å²) in [5.74, 6) is 1.17. The van der Waals surface area contributed by atoms with Gasteiger partial charge in [-0.3, -0.25) is 4.79 Å². The summed E-state index contributed by atoms with van der Waals surface area (Å²) in [5.41, 5.74) is 6.61. The maximum atomic E-state index is 14.2. The van der Waals surface area contributed by atoms with Gasteiger partial charge >= 0.3 is 0 Å². The Balaban J connectivity index is 1.73. The summed E-state index contributed by atoms with van der Waals surface area (Å²) in [5, 5.41) is 0.608. The minimum atomic E-state index is -1.50. The van der Waals surface area contributed by atoms with Crippen molar-refractivity contribution >= 4 is 35.5 Å². The van der Waals surface area contributed by atoms with Gasteiger partial charge in [-0.05, 0) is 63.1 Å². The van der Waals surface area contributed by atoms with Crippen LogP contribution in [0, 0.1) is 12.3 Å². The molecule has 2 N–H and O–H groups in total. The molecule has 36 heavy (non-hydrogen) atoms. The van der Waals surface area contributed by atoms with Gasteiger partial charge in [0, 0.05) is 30.8 Å². The lowest BCUT2D eigenvalue weighted by Gasteiger charge is -2.42. The Labute approximate surface area is 219 Å². The van der Waals surface area contributed by atoms with Gasteiger partial charge in [-0.2, -0.15) is 0 Å². The Morgan fingerprint density at radius 3 is 2.64 bits per heavy atom. The Morgan fingerprint density at radius 1 is 1.33 bits per heavy atom. The van der Waals surface area contributed by atoms with Crippen LogP contribution in [-0.2, 0) is 9.53 Å². The number of rotatable bonds is 12. The predicted molar refractivity (Wildman–Crippen MR) is 146 cm³/mol. The second kappa shape index (κ2) is 12.2. The summed E-state index contributed by atoms with van der Waals surface area (Å²) in [6.07, 6.45) is 8.19. The molecule has 0 atom stereocenters. The molecule has 3 rings (SSSR count). The van der Waals surface area contributed by atoms with E-state index in [1.807, 2.05) is 25.1 Å². The number of hydrogen-bond donors (Lipinski definition) is 1. The number of methoxy groups -OCH3 is 1. The van der Waals surface area contributed by atoms with E-state index in [0.717, 1.165) is 48.8 Å². The highest BCUT2D eigenvalue weighted by Crippen LogP contribution is 2.39. The number of unbranched alkanes of at least 4 members (excludes halogenated alkanes) is 1. The summed E-state index contributed by atoms with van der Waals surface area (Å²) in [4.78, 5) is 25.5. The van der Waals surface area contributed by atoms with Gasteiger partial charge < -0.3 is 20.3 Å². The highest BCUT2D eigenvalue weighted by Gasteiger charge is 2.34. The maximum Gasteiger partial charge on any atom is 0.214 e. The molecule has 2 heterocycles. The van der Waals surface area contributed by atoms with Gasteiger partial charge in [0.1, 0.15) is 16.5 Å². The lowest BCUT2D eigenvalue weighted by Crippen LogP contribution is -2.42. The second-order valence-electron chi connectivity index (χ2n) is 10.4. The zero-order chi connectivity index (χ0) is 26.3. The molecule has 198 valence electrons. The molecule has 1 aromatic carbocycles. The quantitative estimate of drug-likeness (QED) is 0.364. The molecule has 1 aliphatic heterocycles. The van der Waals surface area contributed by atoms with Gasteiger partial charge in [0.15, 0.2) is 5.82 Å².